The Labute approximate surface area is 205 Å². The lowest BCUT2D eigenvalue weighted by Crippen LogP contribution is -2.23. The maximum absolute atomic E-state index is 13.1. The van der Waals surface area contributed by atoms with Gasteiger partial charge in [0.05, 0.1) is 12.7 Å². The van der Waals surface area contributed by atoms with E-state index in [1.165, 1.54) is 23.5 Å². The van der Waals surface area contributed by atoms with Gasteiger partial charge in [0.25, 0.3) is 5.91 Å². The van der Waals surface area contributed by atoms with Gasteiger partial charge in [0.1, 0.15) is 17.7 Å². The van der Waals surface area contributed by atoms with E-state index < -0.39 is 12.1 Å². The number of carbonyl (C=O) groups is 2. The zero-order valence-corrected chi connectivity index (χ0v) is 19.6. The van der Waals surface area contributed by atoms with Crippen molar-refractivity contribution >= 4 is 28.3 Å². The van der Waals surface area contributed by atoms with E-state index in [1.54, 1.807) is 43.6 Å². The van der Waals surface area contributed by atoms with Gasteiger partial charge in [-0.3, -0.25) is 10.1 Å². The fourth-order valence-electron chi connectivity index (χ4n) is 3.96. The van der Waals surface area contributed by atoms with E-state index in [4.69, 9.17) is 9.47 Å². The van der Waals surface area contributed by atoms with Crippen molar-refractivity contribution in [3.05, 3.63) is 111 Å². The van der Waals surface area contributed by atoms with Crippen LogP contribution in [-0.2, 0) is 17.6 Å². The Hall–Kier alpha value is -4.04. The minimum atomic E-state index is -0.438. The fourth-order valence-corrected chi connectivity index (χ4v) is 4.80. The number of benzene rings is 3. The molecule has 1 aliphatic heterocycles. The number of anilines is 1. The SMILES string of the molecule is COc1ccc([C@@H]2Cc3cc(C(=O)Nc4ncc(Cc5ccc(F)cc5)s4)ccc3C(=O)O2)cc1. The number of esters is 1. The molecule has 6 nitrogen and oxygen atoms in total. The molecule has 0 spiro atoms. The molecule has 2 heterocycles. The third kappa shape index (κ3) is 5.07. The highest BCUT2D eigenvalue weighted by atomic mass is 32.1. The van der Waals surface area contributed by atoms with E-state index in [0.717, 1.165) is 27.3 Å². The predicted molar refractivity (Wildman–Crippen MR) is 131 cm³/mol. The van der Waals surface area contributed by atoms with Crippen LogP contribution in [0.4, 0.5) is 9.52 Å². The van der Waals surface area contributed by atoms with Crippen LogP contribution in [0, 0.1) is 5.82 Å². The van der Waals surface area contributed by atoms with Crippen LogP contribution in [0.5, 0.6) is 5.75 Å². The second kappa shape index (κ2) is 9.68. The quantitative estimate of drug-likeness (QED) is 0.358. The number of fused-ring (bicyclic) bond motifs is 1. The van der Waals surface area contributed by atoms with Crippen LogP contribution in [-0.4, -0.2) is 24.0 Å². The summed E-state index contributed by atoms with van der Waals surface area (Å²) in [4.78, 5) is 30.7. The molecule has 176 valence electrons. The number of halogens is 1. The lowest BCUT2D eigenvalue weighted by molar-refractivity contribution is 0.0252. The highest BCUT2D eigenvalue weighted by Gasteiger charge is 2.28. The Morgan fingerprint density at radius 3 is 2.66 bits per heavy atom. The minimum Gasteiger partial charge on any atom is -0.497 e. The summed E-state index contributed by atoms with van der Waals surface area (Å²) in [5.41, 5.74) is 3.47. The molecule has 8 heteroatoms. The number of cyclic esters (lactones) is 1. The zero-order chi connectivity index (χ0) is 24.4. The van der Waals surface area contributed by atoms with E-state index in [9.17, 15) is 14.0 Å². The van der Waals surface area contributed by atoms with Crippen molar-refractivity contribution in [1.82, 2.24) is 4.98 Å². The Morgan fingerprint density at radius 2 is 1.91 bits per heavy atom. The van der Waals surface area contributed by atoms with Gasteiger partial charge in [-0.25, -0.2) is 14.2 Å². The molecule has 1 aliphatic rings. The first-order valence-electron chi connectivity index (χ1n) is 11.0. The number of amides is 1. The number of hydrogen-bond donors (Lipinski definition) is 1. The van der Waals surface area contributed by atoms with Gasteiger partial charge in [-0.05, 0) is 59.2 Å². The molecule has 5 rings (SSSR count). The largest absolute Gasteiger partial charge is 0.497 e. The molecule has 0 radical (unpaired) electrons. The van der Waals surface area contributed by atoms with E-state index in [-0.39, 0.29) is 11.7 Å². The van der Waals surface area contributed by atoms with Gasteiger partial charge < -0.3 is 9.47 Å². The Balaban J connectivity index is 1.29. The fraction of sp³-hybridized carbons (Fsp3) is 0.148. The Morgan fingerprint density at radius 1 is 1.14 bits per heavy atom. The van der Waals surface area contributed by atoms with Crippen molar-refractivity contribution in [1.29, 1.82) is 0 Å². The second-order valence-corrected chi connectivity index (χ2v) is 9.25. The molecule has 1 aromatic heterocycles. The smallest absolute Gasteiger partial charge is 0.339 e. The van der Waals surface area contributed by atoms with Gasteiger partial charge in [0.2, 0.25) is 0 Å². The maximum Gasteiger partial charge on any atom is 0.339 e. The third-order valence-electron chi connectivity index (χ3n) is 5.80. The number of nitrogens with one attached hydrogen (secondary N) is 1. The number of nitrogens with zero attached hydrogens (tertiary/aromatic N) is 1. The van der Waals surface area contributed by atoms with E-state index in [1.807, 2.05) is 24.3 Å². The average molecular weight is 489 g/mol. The molecule has 35 heavy (non-hydrogen) atoms. The van der Waals surface area contributed by atoms with Crippen molar-refractivity contribution in [2.75, 3.05) is 12.4 Å². The number of thiazole rings is 1. The van der Waals surface area contributed by atoms with Crippen LogP contribution >= 0.6 is 11.3 Å². The molecular weight excluding hydrogens is 467 g/mol. The molecule has 0 saturated heterocycles. The summed E-state index contributed by atoms with van der Waals surface area (Å²) < 4.78 is 23.9. The van der Waals surface area contributed by atoms with Gasteiger partial charge in [0.15, 0.2) is 5.13 Å². The normalized spacial score (nSPS) is 14.7. The average Bonchev–Trinajstić information content (AvgIpc) is 3.31. The van der Waals surface area contributed by atoms with Gasteiger partial charge in [-0.1, -0.05) is 24.3 Å². The predicted octanol–water partition coefficient (Wildman–Crippen LogP) is 5.59. The molecule has 0 unspecified atom stereocenters. The zero-order valence-electron chi connectivity index (χ0n) is 18.8. The van der Waals surface area contributed by atoms with Crippen molar-refractivity contribution in [2.24, 2.45) is 0 Å². The number of ether oxygens (including phenoxy) is 2. The molecule has 1 N–H and O–H groups in total. The summed E-state index contributed by atoms with van der Waals surface area (Å²) in [7, 11) is 1.59. The number of rotatable bonds is 6. The molecule has 1 amide bonds. The van der Waals surface area contributed by atoms with Crippen LogP contribution in [0.25, 0.3) is 0 Å². The monoisotopic (exact) mass is 488 g/mol. The number of aromatic nitrogens is 1. The molecule has 0 saturated carbocycles. The van der Waals surface area contributed by atoms with Gasteiger partial charge in [0, 0.05) is 29.5 Å². The second-order valence-electron chi connectivity index (χ2n) is 8.13. The van der Waals surface area contributed by atoms with Crippen LogP contribution in [0.15, 0.2) is 72.9 Å². The first-order chi connectivity index (χ1) is 17.0. The molecular formula is C27H21FN2O4S. The summed E-state index contributed by atoms with van der Waals surface area (Å²) in [6.07, 6.45) is 2.33. The van der Waals surface area contributed by atoms with Crippen molar-refractivity contribution in [3.8, 4) is 5.75 Å². The van der Waals surface area contributed by atoms with Crippen LogP contribution < -0.4 is 10.1 Å². The van der Waals surface area contributed by atoms with Gasteiger partial charge in [-0.2, -0.15) is 0 Å². The van der Waals surface area contributed by atoms with Gasteiger partial charge in [-0.15, -0.1) is 11.3 Å². The number of carbonyl (C=O) groups excluding carboxylic acids is 2. The first kappa shape index (κ1) is 22.7. The van der Waals surface area contributed by atoms with E-state index >= 15 is 0 Å². The van der Waals surface area contributed by atoms with Crippen molar-refractivity contribution < 1.29 is 23.5 Å². The lowest BCUT2D eigenvalue weighted by Gasteiger charge is -2.25. The summed E-state index contributed by atoms with van der Waals surface area (Å²) in [6.45, 7) is 0. The Kier molecular flexibility index (Phi) is 6.29. The van der Waals surface area contributed by atoms with E-state index in [0.29, 0.717) is 29.1 Å². The summed E-state index contributed by atoms with van der Waals surface area (Å²) >= 11 is 1.36. The Bertz CT molecular complexity index is 1380. The van der Waals surface area contributed by atoms with Crippen LogP contribution in [0.3, 0.4) is 0 Å². The maximum atomic E-state index is 13.1. The van der Waals surface area contributed by atoms with Crippen molar-refractivity contribution in [3.63, 3.8) is 0 Å². The highest BCUT2D eigenvalue weighted by molar-refractivity contribution is 7.15. The molecule has 0 aliphatic carbocycles. The molecule has 0 bridgehead atoms. The van der Waals surface area contributed by atoms with Crippen LogP contribution in [0.2, 0.25) is 0 Å². The highest BCUT2D eigenvalue weighted by Crippen LogP contribution is 2.32. The number of methoxy groups -OCH3 is 1. The lowest BCUT2D eigenvalue weighted by atomic mass is 9.93. The summed E-state index contributed by atoms with van der Waals surface area (Å²) in [5, 5.41) is 3.30. The topological polar surface area (TPSA) is 77.5 Å². The first-order valence-corrected chi connectivity index (χ1v) is 11.8. The summed E-state index contributed by atoms with van der Waals surface area (Å²) in [5.74, 6) is -0.280. The standard InChI is InChI=1S/C27H21FN2O4S/c1-33-21-9-4-17(5-10-21)24-14-19-13-18(6-11-23(19)26(32)34-24)25(31)30-27-29-15-22(35-27)12-16-2-7-20(28)8-3-16/h2-11,13,15,24H,12,14H2,1H3,(H,29,30,31)/t24-/m0/s1. The third-order valence-corrected chi connectivity index (χ3v) is 6.71. The van der Waals surface area contributed by atoms with Crippen LogP contribution in [0.1, 0.15) is 48.4 Å². The van der Waals surface area contributed by atoms with Gasteiger partial charge >= 0.3 is 5.97 Å². The van der Waals surface area contributed by atoms with E-state index in [2.05, 4.69) is 10.3 Å². The minimum absolute atomic E-state index is 0.278. The molecule has 3 aromatic carbocycles. The molecule has 0 fully saturated rings. The molecule has 1 atom stereocenters. The van der Waals surface area contributed by atoms with Crippen molar-refractivity contribution in [2.45, 2.75) is 18.9 Å². The number of hydrogen-bond acceptors (Lipinski definition) is 6. The molecule has 4 aromatic rings. The summed E-state index contributed by atoms with van der Waals surface area (Å²) in [6, 6.07) is 18.6.